The highest BCUT2D eigenvalue weighted by atomic mass is 16.5. The summed E-state index contributed by atoms with van der Waals surface area (Å²) in [5.74, 6) is 0.510. The van der Waals surface area contributed by atoms with Crippen molar-refractivity contribution in [3.8, 4) is 5.75 Å². The third kappa shape index (κ3) is 10.5. The number of anilines is 4. The molecule has 0 fully saturated rings. The van der Waals surface area contributed by atoms with Crippen LogP contribution in [0.4, 0.5) is 27.5 Å². The SMILES string of the molecule is CCN(C(=O)NN1CN(CC(=O)Nc2ccccc2N(C)C)Cc2c(OCCCC(=O)N(Cc3ccccc3)Cc3ccccc3)cccc21)c1ccccc1. The van der Waals surface area contributed by atoms with E-state index in [1.807, 2.05) is 169 Å². The Labute approximate surface area is 330 Å². The van der Waals surface area contributed by atoms with Gasteiger partial charge in [-0.1, -0.05) is 97.1 Å². The van der Waals surface area contributed by atoms with Gasteiger partial charge < -0.3 is 19.9 Å². The number of benzene rings is 5. The summed E-state index contributed by atoms with van der Waals surface area (Å²) in [5.41, 5.74) is 9.26. The van der Waals surface area contributed by atoms with Crippen molar-refractivity contribution in [1.82, 2.24) is 15.2 Å². The standard InChI is InChI=1S/C45H51N7O4/c1-4-51(37-22-12-7-13-23-37)45(55)47-52-34-49(33-43(53)46-39-24-14-15-25-41(39)48(2)3)32-38-40(52)26-16-27-42(38)56-29-17-28-44(54)50(30-35-18-8-5-9-19-35)31-36-20-10-6-11-21-36/h5-16,18-27H,4,17,28-34H2,1-3H3,(H,46,53)(H,47,55). The smallest absolute Gasteiger partial charge is 0.340 e. The van der Waals surface area contributed by atoms with Crippen molar-refractivity contribution in [2.45, 2.75) is 39.4 Å². The molecule has 0 saturated heterocycles. The van der Waals surface area contributed by atoms with Gasteiger partial charge in [-0.25, -0.2) is 10.2 Å². The summed E-state index contributed by atoms with van der Waals surface area (Å²) < 4.78 is 6.40. The molecule has 11 heteroatoms. The van der Waals surface area contributed by atoms with Crippen LogP contribution in [0.5, 0.6) is 5.75 Å². The van der Waals surface area contributed by atoms with E-state index in [2.05, 4.69) is 10.7 Å². The molecule has 0 aromatic heterocycles. The fourth-order valence-electron chi connectivity index (χ4n) is 6.85. The average Bonchev–Trinajstić information content (AvgIpc) is 3.21. The zero-order chi connectivity index (χ0) is 39.3. The minimum absolute atomic E-state index is 0.0530. The van der Waals surface area contributed by atoms with E-state index in [4.69, 9.17) is 4.74 Å². The van der Waals surface area contributed by atoms with E-state index in [0.29, 0.717) is 51.4 Å². The number of carbonyl (C=O) groups is 3. The van der Waals surface area contributed by atoms with E-state index in [9.17, 15) is 14.4 Å². The molecule has 0 spiro atoms. The highest BCUT2D eigenvalue weighted by Gasteiger charge is 2.29. The number of nitrogens with one attached hydrogen (secondary N) is 2. The average molecular weight is 754 g/mol. The van der Waals surface area contributed by atoms with Crippen LogP contribution in [0.1, 0.15) is 36.5 Å². The maximum atomic E-state index is 13.8. The van der Waals surface area contributed by atoms with Crippen molar-refractivity contribution in [2.75, 3.05) is 60.6 Å². The van der Waals surface area contributed by atoms with E-state index in [0.717, 1.165) is 39.4 Å². The molecule has 1 heterocycles. The second kappa shape index (κ2) is 19.3. The minimum Gasteiger partial charge on any atom is -0.493 e. The fourth-order valence-corrected chi connectivity index (χ4v) is 6.85. The summed E-state index contributed by atoms with van der Waals surface area (Å²) in [4.78, 5) is 48.4. The lowest BCUT2D eigenvalue weighted by Gasteiger charge is -2.39. The Morgan fingerprint density at radius 3 is 2.02 bits per heavy atom. The summed E-state index contributed by atoms with van der Waals surface area (Å²) >= 11 is 0. The monoisotopic (exact) mass is 753 g/mol. The Morgan fingerprint density at radius 1 is 0.750 bits per heavy atom. The quantitative estimate of drug-likeness (QED) is 0.101. The molecule has 0 unspecified atom stereocenters. The second-order valence-electron chi connectivity index (χ2n) is 13.9. The van der Waals surface area contributed by atoms with Crippen LogP contribution in [0.25, 0.3) is 0 Å². The van der Waals surface area contributed by atoms with Crippen LogP contribution < -0.4 is 30.3 Å². The number of hydrogen-bond donors (Lipinski definition) is 2. The van der Waals surface area contributed by atoms with Crippen molar-refractivity contribution in [3.05, 3.63) is 150 Å². The minimum atomic E-state index is -0.295. The van der Waals surface area contributed by atoms with Gasteiger partial charge in [-0.15, -0.1) is 0 Å². The van der Waals surface area contributed by atoms with Gasteiger partial charge in [0.2, 0.25) is 11.8 Å². The summed E-state index contributed by atoms with van der Waals surface area (Å²) in [6, 6.07) is 42.7. The molecular weight excluding hydrogens is 703 g/mol. The van der Waals surface area contributed by atoms with Crippen molar-refractivity contribution < 1.29 is 19.1 Å². The molecule has 56 heavy (non-hydrogen) atoms. The van der Waals surface area contributed by atoms with Crippen LogP contribution in [-0.2, 0) is 29.2 Å². The Morgan fingerprint density at radius 2 is 1.38 bits per heavy atom. The van der Waals surface area contributed by atoms with Gasteiger partial charge in [-0.3, -0.25) is 24.4 Å². The molecular formula is C45H51N7O4. The molecule has 4 amide bonds. The first-order valence-electron chi connectivity index (χ1n) is 19.1. The van der Waals surface area contributed by atoms with Gasteiger partial charge in [-0.05, 0) is 60.9 Å². The number of amides is 4. The molecule has 0 saturated carbocycles. The Balaban J connectivity index is 1.16. The van der Waals surface area contributed by atoms with E-state index in [-0.39, 0.29) is 31.1 Å². The van der Waals surface area contributed by atoms with Crippen molar-refractivity contribution in [2.24, 2.45) is 0 Å². The molecule has 5 aromatic carbocycles. The second-order valence-corrected chi connectivity index (χ2v) is 13.9. The zero-order valence-corrected chi connectivity index (χ0v) is 32.4. The van der Waals surface area contributed by atoms with Gasteiger partial charge >= 0.3 is 6.03 Å². The summed E-state index contributed by atoms with van der Waals surface area (Å²) in [7, 11) is 3.87. The van der Waals surface area contributed by atoms with Gasteiger partial charge in [-0.2, -0.15) is 0 Å². The first-order valence-corrected chi connectivity index (χ1v) is 19.1. The van der Waals surface area contributed by atoms with Crippen LogP contribution in [0, 0.1) is 0 Å². The summed E-state index contributed by atoms with van der Waals surface area (Å²) in [5, 5.41) is 4.84. The molecule has 0 bridgehead atoms. The third-order valence-corrected chi connectivity index (χ3v) is 9.59. The normalized spacial score (nSPS) is 12.3. The predicted molar refractivity (Wildman–Crippen MR) is 223 cm³/mol. The van der Waals surface area contributed by atoms with Gasteiger partial charge in [0.1, 0.15) is 5.75 Å². The lowest BCUT2D eigenvalue weighted by molar-refractivity contribution is -0.132. The maximum absolute atomic E-state index is 13.8. The maximum Gasteiger partial charge on any atom is 0.340 e. The van der Waals surface area contributed by atoms with Crippen LogP contribution in [0.3, 0.4) is 0 Å². The lowest BCUT2D eigenvalue weighted by Crippen LogP contribution is -2.56. The molecule has 0 aliphatic carbocycles. The highest BCUT2D eigenvalue weighted by Crippen LogP contribution is 2.34. The molecule has 11 nitrogen and oxygen atoms in total. The molecule has 1 aliphatic rings. The number of carbonyl (C=O) groups excluding carboxylic acids is 3. The van der Waals surface area contributed by atoms with E-state index in [1.165, 1.54) is 0 Å². The number of urea groups is 1. The Kier molecular flexibility index (Phi) is 13.6. The molecule has 2 N–H and O–H groups in total. The Hall–Kier alpha value is -6.33. The molecule has 5 aromatic rings. The lowest BCUT2D eigenvalue weighted by atomic mass is 10.1. The number of fused-ring (bicyclic) bond motifs is 1. The van der Waals surface area contributed by atoms with Crippen molar-refractivity contribution >= 4 is 40.6 Å². The van der Waals surface area contributed by atoms with Crippen molar-refractivity contribution in [1.29, 1.82) is 0 Å². The van der Waals surface area contributed by atoms with E-state index in [1.54, 1.807) is 9.91 Å². The van der Waals surface area contributed by atoms with Gasteiger partial charge in [0.05, 0.1) is 36.9 Å². The molecule has 290 valence electrons. The first-order chi connectivity index (χ1) is 27.3. The van der Waals surface area contributed by atoms with Gasteiger partial charge in [0, 0.05) is 57.9 Å². The van der Waals surface area contributed by atoms with Gasteiger partial charge in [0.15, 0.2) is 0 Å². The zero-order valence-electron chi connectivity index (χ0n) is 32.4. The number of hydrogen-bond acceptors (Lipinski definition) is 7. The molecule has 1 aliphatic heterocycles. The van der Waals surface area contributed by atoms with Crippen LogP contribution in [0.15, 0.2) is 133 Å². The van der Waals surface area contributed by atoms with Crippen molar-refractivity contribution in [3.63, 3.8) is 0 Å². The van der Waals surface area contributed by atoms with Gasteiger partial charge in [0.25, 0.3) is 0 Å². The summed E-state index contributed by atoms with van der Waals surface area (Å²) in [6.07, 6.45) is 0.840. The highest BCUT2D eigenvalue weighted by molar-refractivity contribution is 5.96. The van der Waals surface area contributed by atoms with Crippen LogP contribution in [-0.4, -0.2) is 68.1 Å². The van der Waals surface area contributed by atoms with Crippen LogP contribution >= 0.6 is 0 Å². The predicted octanol–water partition coefficient (Wildman–Crippen LogP) is 7.51. The fraction of sp³-hybridized carbons (Fsp3) is 0.267. The largest absolute Gasteiger partial charge is 0.493 e. The topological polar surface area (TPSA) is 101 Å². The first kappa shape index (κ1) is 39.4. The van der Waals surface area contributed by atoms with E-state index >= 15 is 0 Å². The number of rotatable bonds is 16. The molecule has 0 atom stereocenters. The van der Waals surface area contributed by atoms with E-state index < -0.39 is 0 Å². The molecule has 0 radical (unpaired) electrons. The van der Waals surface area contributed by atoms with Crippen LogP contribution in [0.2, 0.25) is 0 Å². The third-order valence-electron chi connectivity index (χ3n) is 9.59. The number of ether oxygens (including phenoxy) is 1. The number of nitrogens with zero attached hydrogens (tertiary/aromatic N) is 5. The summed E-state index contributed by atoms with van der Waals surface area (Å²) in [6.45, 7) is 4.51. The number of para-hydroxylation sites is 3. The number of hydrazine groups is 1. The molecule has 6 rings (SSSR count). The Bertz CT molecular complexity index is 2000.